The van der Waals surface area contributed by atoms with Crippen LogP contribution in [0.1, 0.15) is 31.9 Å². The average Bonchev–Trinajstić information content (AvgIpc) is 3.00. The van der Waals surface area contributed by atoms with Crippen LogP contribution in [0.3, 0.4) is 0 Å². The summed E-state index contributed by atoms with van der Waals surface area (Å²) in [6.45, 7) is 9.51. The van der Waals surface area contributed by atoms with Gasteiger partial charge in [-0.3, -0.25) is 4.79 Å². The van der Waals surface area contributed by atoms with E-state index in [0.29, 0.717) is 5.16 Å². The lowest BCUT2D eigenvalue weighted by molar-refractivity contribution is -0.120. The van der Waals surface area contributed by atoms with Crippen molar-refractivity contribution in [1.29, 1.82) is 5.26 Å². The molecule has 0 unspecified atom stereocenters. The summed E-state index contributed by atoms with van der Waals surface area (Å²) in [6, 6.07) is 8.13. The third-order valence-electron chi connectivity index (χ3n) is 4.21. The van der Waals surface area contributed by atoms with Gasteiger partial charge in [0.15, 0.2) is 0 Å². The number of rotatable bonds is 6. The van der Waals surface area contributed by atoms with E-state index in [-0.39, 0.29) is 17.6 Å². The van der Waals surface area contributed by atoms with E-state index in [0.717, 1.165) is 16.8 Å². The Morgan fingerprint density at radius 3 is 2.60 bits per heavy atom. The van der Waals surface area contributed by atoms with E-state index in [4.69, 9.17) is 0 Å². The van der Waals surface area contributed by atoms with Gasteiger partial charge in [0, 0.05) is 0 Å². The van der Waals surface area contributed by atoms with E-state index in [1.54, 1.807) is 11.6 Å². The van der Waals surface area contributed by atoms with Crippen LogP contribution in [-0.4, -0.2) is 37.4 Å². The molecule has 1 atom stereocenters. The summed E-state index contributed by atoms with van der Waals surface area (Å²) in [6.07, 6.45) is 0. The maximum Gasteiger partial charge on any atom is 0.231 e. The number of para-hydroxylation sites is 1. The summed E-state index contributed by atoms with van der Waals surface area (Å²) in [7, 11) is 0. The minimum absolute atomic E-state index is 0.00591. The molecule has 132 valence electrons. The summed E-state index contributed by atoms with van der Waals surface area (Å²) >= 11 is 1.24. The van der Waals surface area contributed by atoms with E-state index in [1.165, 1.54) is 11.8 Å². The molecule has 0 radical (unpaired) electrons. The highest BCUT2D eigenvalue weighted by atomic mass is 32.2. The van der Waals surface area contributed by atoms with Gasteiger partial charge in [-0.05, 0) is 48.2 Å². The van der Waals surface area contributed by atoms with Crippen molar-refractivity contribution in [3.8, 4) is 11.8 Å². The number of nitriles is 1. The van der Waals surface area contributed by atoms with Crippen LogP contribution >= 0.6 is 11.8 Å². The van der Waals surface area contributed by atoms with Gasteiger partial charge in [0.2, 0.25) is 11.1 Å². The molecule has 1 N–H and O–H groups in total. The Balaban J connectivity index is 2.13. The molecule has 1 aromatic heterocycles. The molecule has 0 fully saturated rings. The topological polar surface area (TPSA) is 96.5 Å². The van der Waals surface area contributed by atoms with Crippen molar-refractivity contribution in [2.24, 2.45) is 5.92 Å². The first kappa shape index (κ1) is 18.9. The number of carbonyl (C=O) groups is 1. The SMILES string of the molecule is Cc1cccc(C)c1-n1nnnc1SCC(=O)N[C@@](C)(C#N)C(C)C. The smallest absolute Gasteiger partial charge is 0.231 e. The van der Waals surface area contributed by atoms with Crippen molar-refractivity contribution in [3.63, 3.8) is 0 Å². The van der Waals surface area contributed by atoms with Gasteiger partial charge < -0.3 is 5.32 Å². The molecule has 0 saturated heterocycles. The van der Waals surface area contributed by atoms with Gasteiger partial charge in [-0.25, -0.2) is 0 Å². The van der Waals surface area contributed by atoms with E-state index >= 15 is 0 Å². The molecule has 1 heterocycles. The fourth-order valence-corrected chi connectivity index (χ4v) is 2.98. The minimum Gasteiger partial charge on any atom is -0.337 e. The third kappa shape index (κ3) is 4.17. The summed E-state index contributed by atoms with van der Waals surface area (Å²) < 4.78 is 1.65. The Morgan fingerprint density at radius 1 is 1.40 bits per heavy atom. The highest BCUT2D eigenvalue weighted by Crippen LogP contribution is 2.23. The molecule has 0 bridgehead atoms. The van der Waals surface area contributed by atoms with Crippen LogP contribution in [0.4, 0.5) is 0 Å². The number of amides is 1. The van der Waals surface area contributed by atoms with Crippen LogP contribution < -0.4 is 5.32 Å². The van der Waals surface area contributed by atoms with Crippen molar-refractivity contribution < 1.29 is 4.79 Å². The number of thioether (sulfide) groups is 1. The van der Waals surface area contributed by atoms with Gasteiger partial charge in [-0.1, -0.05) is 43.8 Å². The first-order valence-electron chi connectivity index (χ1n) is 7.98. The highest BCUT2D eigenvalue weighted by Gasteiger charge is 2.30. The molecule has 7 nitrogen and oxygen atoms in total. The number of hydrogen-bond donors (Lipinski definition) is 1. The molecule has 2 aromatic rings. The van der Waals surface area contributed by atoms with Gasteiger partial charge in [0.25, 0.3) is 0 Å². The molecule has 0 aliphatic heterocycles. The third-order valence-corrected chi connectivity index (χ3v) is 5.13. The number of benzene rings is 1. The van der Waals surface area contributed by atoms with Crippen molar-refractivity contribution >= 4 is 17.7 Å². The molecule has 0 aliphatic rings. The number of hydrogen-bond acceptors (Lipinski definition) is 6. The largest absolute Gasteiger partial charge is 0.337 e. The number of carbonyl (C=O) groups excluding carboxylic acids is 1. The summed E-state index contributed by atoms with van der Waals surface area (Å²) in [5.74, 6) is -0.0832. The Bertz CT molecular complexity index is 789. The van der Waals surface area contributed by atoms with Crippen molar-refractivity contribution in [3.05, 3.63) is 29.3 Å². The van der Waals surface area contributed by atoms with Crippen LogP contribution in [0.5, 0.6) is 0 Å². The van der Waals surface area contributed by atoms with E-state index in [2.05, 4.69) is 26.9 Å². The van der Waals surface area contributed by atoms with E-state index in [1.807, 2.05) is 45.9 Å². The molecule has 8 heteroatoms. The van der Waals surface area contributed by atoms with E-state index in [9.17, 15) is 10.1 Å². The second-order valence-electron chi connectivity index (χ2n) is 6.42. The van der Waals surface area contributed by atoms with Gasteiger partial charge in [0.05, 0.1) is 17.5 Å². The number of nitrogens with zero attached hydrogens (tertiary/aromatic N) is 5. The Hall–Kier alpha value is -2.40. The first-order chi connectivity index (χ1) is 11.8. The first-order valence-corrected chi connectivity index (χ1v) is 8.97. The minimum atomic E-state index is -0.893. The standard InChI is InChI=1S/C17H22N6OS/c1-11(2)17(5,10-18)19-14(24)9-25-16-20-21-22-23(16)15-12(3)7-6-8-13(15)4/h6-8,11H,9H2,1-5H3,(H,19,24)/t17-/m0/s1. The lowest BCUT2D eigenvalue weighted by Gasteiger charge is -2.27. The van der Waals surface area contributed by atoms with Crippen LogP contribution in [0.2, 0.25) is 0 Å². The average molecular weight is 358 g/mol. The number of aryl methyl sites for hydroxylation is 2. The highest BCUT2D eigenvalue weighted by molar-refractivity contribution is 7.99. The molecule has 0 saturated carbocycles. The molecule has 1 aromatic carbocycles. The number of nitrogens with one attached hydrogen (secondary N) is 1. The van der Waals surface area contributed by atoms with Gasteiger partial charge in [-0.15, -0.1) is 5.10 Å². The molecule has 2 rings (SSSR count). The Kier molecular flexibility index (Phi) is 5.80. The van der Waals surface area contributed by atoms with Crippen LogP contribution in [-0.2, 0) is 4.79 Å². The predicted molar refractivity (Wildman–Crippen MR) is 96.4 cm³/mol. The van der Waals surface area contributed by atoms with Gasteiger partial charge >= 0.3 is 0 Å². The van der Waals surface area contributed by atoms with Crippen LogP contribution in [0.15, 0.2) is 23.4 Å². The second-order valence-corrected chi connectivity index (χ2v) is 7.36. The molecular formula is C17H22N6OS. The van der Waals surface area contributed by atoms with Crippen LogP contribution in [0.25, 0.3) is 5.69 Å². The molecular weight excluding hydrogens is 336 g/mol. The van der Waals surface area contributed by atoms with E-state index < -0.39 is 5.54 Å². The number of tetrazole rings is 1. The fraction of sp³-hybridized carbons (Fsp3) is 0.471. The second kappa shape index (κ2) is 7.66. The Morgan fingerprint density at radius 2 is 2.04 bits per heavy atom. The number of aromatic nitrogens is 4. The van der Waals surface area contributed by atoms with Crippen LogP contribution in [0, 0.1) is 31.1 Å². The maximum absolute atomic E-state index is 12.2. The lowest BCUT2D eigenvalue weighted by atomic mass is 9.90. The molecule has 25 heavy (non-hydrogen) atoms. The van der Waals surface area contributed by atoms with Gasteiger partial charge in [0.1, 0.15) is 5.54 Å². The Labute approximate surface area is 151 Å². The molecule has 1 amide bonds. The molecule has 0 aliphatic carbocycles. The zero-order chi connectivity index (χ0) is 18.6. The maximum atomic E-state index is 12.2. The lowest BCUT2D eigenvalue weighted by Crippen LogP contribution is -2.49. The summed E-state index contributed by atoms with van der Waals surface area (Å²) in [5, 5.41) is 24.4. The van der Waals surface area contributed by atoms with Gasteiger partial charge in [-0.2, -0.15) is 9.94 Å². The zero-order valence-electron chi connectivity index (χ0n) is 15.1. The summed E-state index contributed by atoms with van der Waals surface area (Å²) in [5.41, 5.74) is 2.13. The van der Waals surface area contributed by atoms with Crippen molar-refractivity contribution in [2.75, 3.05) is 5.75 Å². The normalized spacial score (nSPS) is 13.3. The quantitative estimate of drug-likeness (QED) is 0.797. The zero-order valence-corrected chi connectivity index (χ0v) is 15.9. The molecule has 0 spiro atoms. The monoisotopic (exact) mass is 358 g/mol. The van der Waals surface area contributed by atoms with Crippen molar-refractivity contribution in [2.45, 2.75) is 45.3 Å². The summed E-state index contributed by atoms with van der Waals surface area (Å²) in [4.78, 5) is 12.2. The fourth-order valence-electron chi connectivity index (χ4n) is 2.31. The van der Waals surface area contributed by atoms with Crippen molar-refractivity contribution in [1.82, 2.24) is 25.5 Å². The predicted octanol–water partition coefficient (Wildman–Crippen LogP) is 2.43.